The molecule has 0 saturated carbocycles. The van der Waals surface area contributed by atoms with Gasteiger partial charge in [-0.1, -0.05) is 0 Å². The molecule has 0 bridgehead atoms. The van der Waals surface area contributed by atoms with Gasteiger partial charge in [0, 0.05) is 0 Å². The molecule has 43 heavy (non-hydrogen) atoms. The summed E-state index contributed by atoms with van der Waals surface area (Å²) in [5, 5.41) is 24.3. The smallest absolute Gasteiger partial charge is 1.00 e. The summed E-state index contributed by atoms with van der Waals surface area (Å²) in [5.74, 6) is -1.33. The fourth-order valence-electron chi connectivity index (χ4n) is 2.77. The van der Waals surface area contributed by atoms with E-state index in [-0.39, 0.29) is 152 Å². The Bertz CT molecular complexity index is 1500. The van der Waals surface area contributed by atoms with Crippen molar-refractivity contribution < 1.29 is 123 Å². The third-order valence-corrected chi connectivity index (χ3v) is 8.30. The molecular weight excluding hydrogens is 731 g/mol. The zero-order chi connectivity index (χ0) is 29.8. The van der Waals surface area contributed by atoms with Crippen molar-refractivity contribution in [3.05, 3.63) is 36.4 Å². The van der Waals surface area contributed by atoms with Crippen LogP contribution in [0.25, 0.3) is 0 Å². The first-order valence-corrected chi connectivity index (χ1v) is 16.9. The van der Waals surface area contributed by atoms with E-state index in [1.54, 1.807) is 0 Å². The van der Waals surface area contributed by atoms with Gasteiger partial charge in [0.05, 0.1) is 0 Å². The summed E-state index contributed by atoms with van der Waals surface area (Å²) in [6, 6.07) is 6.27. The van der Waals surface area contributed by atoms with Crippen LogP contribution >= 0.6 is 0 Å². The fourth-order valence-corrected chi connectivity index (χ4v) is 5.07. The van der Waals surface area contributed by atoms with E-state index >= 15 is 0 Å². The predicted octanol–water partition coefficient (Wildman–Crippen LogP) is -14.8. The maximum Gasteiger partial charge on any atom is 1.00 e. The summed E-state index contributed by atoms with van der Waals surface area (Å²) in [7, 11) is 0. The number of phenols is 2. The van der Waals surface area contributed by atoms with Gasteiger partial charge in [0.1, 0.15) is 0 Å². The second kappa shape index (κ2) is 17.2. The maximum atomic E-state index is 11.1. The fraction of sp³-hybridized carbons (Fsp3) is 0. The molecule has 1 unspecified atom stereocenters. The summed E-state index contributed by atoms with van der Waals surface area (Å²) >= 11 is -10.9. The van der Waals surface area contributed by atoms with Gasteiger partial charge in [-0.2, -0.15) is 0 Å². The molecule has 0 aliphatic heterocycles. The van der Waals surface area contributed by atoms with Gasteiger partial charge < -0.3 is 0 Å². The molecule has 2 heterocycles. The van der Waals surface area contributed by atoms with Crippen molar-refractivity contribution in [1.82, 2.24) is 29.9 Å². The summed E-state index contributed by atoms with van der Waals surface area (Å²) < 4.78 is 63.5. The number of nitrogens with two attached hydrogens (primary N) is 4. The molecule has 0 spiro atoms. The second-order valence-electron chi connectivity index (χ2n) is 7.42. The van der Waals surface area contributed by atoms with Gasteiger partial charge in [-0.25, -0.2) is 0 Å². The second-order valence-corrected chi connectivity index (χ2v) is 13.9. The molecule has 25 heteroatoms. The SMILES string of the molecule is Nc1nc(N)nc(Nc2cc([As](=O)([O-])O)ccc2O)n1.Nc1nc(N)nc(Nc2cc([As](=O)([O-])[O-])ccc2O)n1.[Na+].[Na+].[Na+]. The van der Waals surface area contributed by atoms with E-state index in [9.17, 15) is 30.0 Å². The van der Waals surface area contributed by atoms with Gasteiger partial charge in [-0.05, 0) is 0 Å². The molecular formula is C18H19As2N12Na3O8. The van der Waals surface area contributed by atoms with Gasteiger partial charge in [0.15, 0.2) is 0 Å². The summed E-state index contributed by atoms with van der Waals surface area (Å²) in [4.78, 5) is 21.9. The number of aromatic hydroxyl groups is 2. The van der Waals surface area contributed by atoms with Crippen molar-refractivity contribution in [1.29, 1.82) is 0 Å². The van der Waals surface area contributed by atoms with E-state index in [0.717, 1.165) is 36.4 Å². The molecule has 2 aromatic heterocycles. The van der Waals surface area contributed by atoms with Crippen LogP contribution < -0.4 is 143 Å². The first kappa shape index (κ1) is 41.4. The van der Waals surface area contributed by atoms with Gasteiger partial charge in [-0.15, -0.1) is 0 Å². The number of phenolic OH excluding ortho intramolecular Hbond substituents is 2. The van der Waals surface area contributed by atoms with E-state index in [2.05, 4.69) is 40.5 Å². The Morgan fingerprint density at radius 3 is 1.26 bits per heavy atom. The number of aromatic nitrogens is 6. The van der Waals surface area contributed by atoms with Crippen LogP contribution in [-0.2, 0) is 7.48 Å². The molecule has 4 rings (SSSR count). The molecule has 13 N–H and O–H groups in total. The molecule has 1 atom stereocenters. The molecule has 2 aromatic carbocycles. The number of hydrogen-bond donors (Lipinski definition) is 9. The topological polar surface area (TPSA) is 369 Å². The Morgan fingerprint density at radius 1 is 0.605 bits per heavy atom. The number of benzene rings is 2. The quantitative estimate of drug-likeness (QED) is 0.0652. The predicted molar refractivity (Wildman–Crippen MR) is 134 cm³/mol. The van der Waals surface area contributed by atoms with Crippen LogP contribution in [0.4, 0.5) is 47.1 Å². The zero-order valence-corrected chi connectivity index (χ0v) is 32.5. The molecule has 4 aromatic rings. The van der Waals surface area contributed by atoms with Crippen molar-refractivity contribution >= 4 is 84.1 Å². The van der Waals surface area contributed by atoms with E-state index in [1.165, 1.54) is 0 Å². The minimum Gasteiger partial charge on any atom is 1.00 e. The molecule has 0 aliphatic carbocycles. The van der Waals surface area contributed by atoms with Crippen LogP contribution in [0, 0.1) is 0 Å². The van der Waals surface area contributed by atoms with Crippen LogP contribution in [0.1, 0.15) is 0 Å². The van der Waals surface area contributed by atoms with Crippen molar-refractivity contribution in [2.24, 2.45) is 0 Å². The number of nitrogen functional groups attached to an aromatic ring is 4. The van der Waals surface area contributed by atoms with E-state index in [4.69, 9.17) is 27.0 Å². The van der Waals surface area contributed by atoms with Crippen LogP contribution in [0.5, 0.6) is 11.5 Å². The maximum absolute atomic E-state index is 11.1. The van der Waals surface area contributed by atoms with Gasteiger partial charge in [0.2, 0.25) is 0 Å². The average Bonchev–Trinajstić information content (AvgIpc) is 2.79. The number of rotatable bonds is 6. The third kappa shape index (κ3) is 12.7. The van der Waals surface area contributed by atoms with Gasteiger partial charge in [0.25, 0.3) is 0 Å². The molecule has 0 fully saturated rings. The van der Waals surface area contributed by atoms with E-state index < -0.39 is 32.7 Å². The minimum absolute atomic E-state index is 0. The summed E-state index contributed by atoms with van der Waals surface area (Å²) in [6.45, 7) is 0. The average molecular weight is 750 g/mol. The normalized spacial score (nSPS) is 11.6. The third-order valence-electron chi connectivity index (χ3n) is 4.44. The van der Waals surface area contributed by atoms with Crippen molar-refractivity contribution in [3.63, 3.8) is 0 Å². The molecule has 0 aliphatic rings. The number of anilines is 8. The zero-order valence-electron chi connectivity index (χ0n) is 22.7. The monoisotopic (exact) mass is 750 g/mol. The van der Waals surface area contributed by atoms with E-state index in [1.807, 2.05) is 0 Å². The number of hydrogen-bond acceptors (Lipinski definition) is 19. The molecule has 212 valence electrons. The Balaban J connectivity index is 0.000000767. The van der Waals surface area contributed by atoms with Gasteiger partial charge >= 0.3 is 318 Å². The Kier molecular flexibility index (Phi) is 16.6. The van der Waals surface area contributed by atoms with Crippen LogP contribution in [-0.4, -0.2) is 72.6 Å². The van der Waals surface area contributed by atoms with Crippen LogP contribution in [0.15, 0.2) is 36.4 Å². The molecule has 0 amide bonds. The Morgan fingerprint density at radius 2 is 0.930 bits per heavy atom. The number of nitrogens with one attached hydrogen (secondary N) is 2. The minimum atomic E-state index is -5.57. The van der Waals surface area contributed by atoms with Crippen LogP contribution in [0.2, 0.25) is 0 Å². The van der Waals surface area contributed by atoms with E-state index in [0.29, 0.717) is 0 Å². The molecule has 20 nitrogen and oxygen atoms in total. The standard InChI is InChI=1S/2C9H11AsN6O4.3Na/c2*11-7-14-8(12)16-9(15-7)13-5-3-4(10(18,19)20)1-2-6(5)17;;;/h2*1-3,17H,(H2,18,19,20)(H5,11,12,13,14,15,16);;;/q;;3*+1/p-3. The van der Waals surface area contributed by atoms with Crippen molar-refractivity contribution in [2.45, 2.75) is 0 Å². The summed E-state index contributed by atoms with van der Waals surface area (Å²) in [6.07, 6.45) is 0. The largest absolute Gasteiger partial charge is 1.00 e. The Hall–Kier alpha value is -1.58. The number of nitrogens with zero attached hydrogens (tertiary/aromatic N) is 6. The van der Waals surface area contributed by atoms with Crippen molar-refractivity contribution in [2.75, 3.05) is 33.6 Å². The Labute approximate surface area is 314 Å². The molecule has 0 radical (unpaired) electrons. The first-order valence-electron chi connectivity index (χ1n) is 10.3. The first-order chi connectivity index (χ1) is 18.5. The van der Waals surface area contributed by atoms with Crippen molar-refractivity contribution in [3.8, 4) is 11.5 Å². The van der Waals surface area contributed by atoms with Crippen LogP contribution in [0.3, 0.4) is 0 Å². The summed E-state index contributed by atoms with van der Waals surface area (Å²) in [5.41, 5.74) is 21.4. The van der Waals surface area contributed by atoms with Gasteiger partial charge in [-0.3, -0.25) is 0 Å². The molecule has 0 saturated heterocycles.